The summed E-state index contributed by atoms with van der Waals surface area (Å²) in [6.07, 6.45) is 0. The number of hydrogen-bond acceptors (Lipinski definition) is 4. The van der Waals surface area contributed by atoms with Gasteiger partial charge in [-0.1, -0.05) is 13.8 Å². The lowest BCUT2D eigenvalue weighted by atomic mass is 10.2. The molecule has 0 atom stereocenters. The first kappa shape index (κ1) is 11.9. The van der Waals surface area contributed by atoms with Gasteiger partial charge in [0.25, 0.3) is 0 Å². The zero-order valence-electron chi connectivity index (χ0n) is 9.03. The fourth-order valence-corrected chi connectivity index (χ4v) is 1.48. The zero-order chi connectivity index (χ0) is 11.1. The third kappa shape index (κ3) is 4.75. The number of nitrogens with two attached hydrogens (primary N) is 1. The van der Waals surface area contributed by atoms with Crippen LogP contribution in [0, 0.1) is 5.92 Å². The fraction of sp³-hybridized carbons (Fsp3) is 0.556. The Balaban J connectivity index is 2.40. The molecule has 1 aromatic heterocycles. The standard InChI is InChI=1S/C9H17N5S/c1-7(2)3-11-9(14-10)12-4-8-5-15-6-13-8/h5-7H,3-4,10H2,1-2H3,(H2,11,12,14). The molecule has 0 aliphatic heterocycles. The van der Waals surface area contributed by atoms with E-state index in [0.29, 0.717) is 18.4 Å². The Bertz CT molecular complexity index is 293. The Kier molecular flexibility index (Phi) is 5.06. The molecule has 0 spiro atoms. The van der Waals surface area contributed by atoms with E-state index in [1.807, 2.05) is 5.38 Å². The molecular weight excluding hydrogens is 210 g/mol. The van der Waals surface area contributed by atoms with Crippen LogP contribution in [0.3, 0.4) is 0 Å². The number of aliphatic imine (C=N–C) groups is 1. The van der Waals surface area contributed by atoms with E-state index in [1.165, 1.54) is 0 Å². The molecule has 0 bridgehead atoms. The van der Waals surface area contributed by atoms with Gasteiger partial charge in [0.1, 0.15) is 0 Å². The minimum absolute atomic E-state index is 0.550. The summed E-state index contributed by atoms with van der Waals surface area (Å²) in [5, 5.41) is 5.09. The van der Waals surface area contributed by atoms with Crippen molar-refractivity contribution >= 4 is 17.3 Å². The summed E-state index contributed by atoms with van der Waals surface area (Å²) in [6.45, 7) is 5.65. The molecule has 0 fully saturated rings. The minimum atomic E-state index is 0.550. The van der Waals surface area contributed by atoms with Gasteiger partial charge in [-0.25, -0.2) is 15.8 Å². The molecule has 0 unspecified atom stereocenters. The van der Waals surface area contributed by atoms with Crippen LogP contribution in [0.5, 0.6) is 0 Å². The van der Waals surface area contributed by atoms with Crippen molar-refractivity contribution < 1.29 is 0 Å². The van der Waals surface area contributed by atoms with Crippen LogP contribution in [0.25, 0.3) is 0 Å². The quantitative estimate of drug-likeness (QED) is 0.306. The summed E-state index contributed by atoms with van der Waals surface area (Å²) >= 11 is 1.56. The highest BCUT2D eigenvalue weighted by Crippen LogP contribution is 2.01. The van der Waals surface area contributed by atoms with E-state index < -0.39 is 0 Å². The number of hydrazine groups is 1. The SMILES string of the molecule is CC(C)CNC(=NCc1cscn1)NN. The molecule has 0 aliphatic carbocycles. The molecule has 1 heterocycles. The highest BCUT2D eigenvalue weighted by atomic mass is 32.1. The molecule has 0 saturated carbocycles. The van der Waals surface area contributed by atoms with Gasteiger partial charge in [-0.15, -0.1) is 11.3 Å². The van der Waals surface area contributed by atoms with Crippen LogP contribution in [-0.4, -0.2) is 17.5 Å². The van der Waals surface area contributed by atoms with Crippen molar-refractivity contribution in [3.8, 4) is 0 Å². The number of nitrogens with zero attached hydrogens (tertiary/aromatic N) is 2. The van der Waals surface area contributed by atoms with Crippen molar-refractivity contribution in [2.45, 2.75) is 20.4 Å². The smallest absolute Gasteiger partial charge is 0.206 e. The normalized spacial score (nSPS) is 11.9. The summed E-state index contributed by atoms with van der Waals surface area (Å²) in [7, 11) is 0. The van der Waals surface area contributed by atoms with Crippen molar-refractivity contribution in [2.24, 2.45) is 16.8 Å². The Labute approximate surface area is 93.8 Å². The number of aromatic nitrogens is 1. The summed E-state index contributed by atoms with van der Waals surface area (Å²) < 4.78 is 0. The largest absolute Gasteiger partial charge is 0.355 e. The Morgan fingerprint density at radius 1 is 1.67 bits per heavy atom. The molecule has 4 N–H and O–H groups in total. The predicted molar refractivity (Wildman–Crippen MR) is 63.4 cm³/mol. The van der Waals surface area contributed by atoms with Crippen molar-refractivity contribution in [1.82, 2.24) is 15.7 Å². The number of nitrogens with one attached hydrogen (secondary N) is 2. The molecular formula is C9H17N5S. The van der Waals surface area contributed by atoms with E-state index in [4.69, 9.17) is 5.84 Å². The minimum Gasteiger partial charge on any atom is -0.355 e. The highest BCUT2D eigenvalue weighted by molar-refractivity contribution is 7.07. The third-order valence-electron chi connectivity index (χ3n) is 1.70. The second-order valence-corrected chi connectivity index (χ2v) is 4.28. The number of guanidine groups is 1. The number of hydrogen-bond donors (Lipinski definition) is 3. The van der Waals surface area contributed by atoms with Crippen LogP contribution in [0.1, 0.15) is 19.5 Å². The second-order valence-electron chi connectivity index (χ2n) is 3.56. The Morgan fingerprint density at radius 2 is 2.47 bits per heavy atom. The van der Waals surface area contributed by atoms with Crippen LogP contribution in [-0.2, 0) is 6.54 Å². The maximum absolute atomic E-state index is 5.34. The molecule has 6 heteroatoms. The second kappa shape index (κ2) is 6.36. The molecule has 1 aromatic rings. The van der Waals surface area contributed by atoms with E-state index in [2.05, 4.69) is 34.6 Å². The molecule has 0 aliphatic rings. The van der Waals surface area contributed by atoms with Crippen LogP contribution >= 0.6 is 11.3 Å². The molecule has 15 heavy (non-hydrogen) atoms. The van der Waals surface area contributed by atoms with E-state index in [-0.39, 0.29) is 0 Å². The topological polar surface area (TPSA) is 75.3 Å². The first-order valence-corrected chi connectivity index (χ1v) is 5.78. The van der Waals surface area contributed by atoms with Gasteiger partial charge in [-0.2, -0.15) is 0 Å². The maximum atomic E-state index is 5.34. The monoisotopic (exact) mass is 227 g/mol. The first-order valence-electron chi connectivity index (χ1n) is 4.84. The molecule has 84 valence electrons. The molecule has 0 radical (unpaired) electrons. The van der Waals surface area contributed by atoms with E-state index >= 15 is 0 Å². The molecule has 0 aromatic carbocycles. The average molecular weight is 227 g/mol. The van der Waals surface area contributed by atoms with E-state index in [0.717, 1.165) is 12.2 Å². The fourth-order valence-electron chi connectivity index (χ4n) is 0.929. The van der Waals surface area contributed by atoms with Crippen LogP contribution in [0.2, 0.25) is 0 Å². The Morgan fingerprint density at radius 3 is 3.00 bits per heavy atom. The highest BCUT2D eigenvalue weighted by Gasteiger charge is 1.98. The van der Waals surface area contributed by atoms with Crippen molar-refractivity contribution in [3.63, 3.8) is 0 Å². The van der Waals surface area contributed by atoms with Gasteiger partial charge in [0.2, 0.25) is 5.96 Å². The van der Waals surface area contributed by atoms with Gasteiger partial charge in [0, 0.05) is 11.9 Å². The van der Waals surface area contributed by atoms with Crippen LogP contribution in [0.4, 0.5) is 0 Å². The molecule has 5 nitrogen and oxygen atoms in total. The Hall–Kier alpha value is -1.14. The van der Waals surface area contributed by atoms with Gasteiger partial charge >= 0.3 is 0 Å². The lowest BCUT2D eigenvalue weighted by Crippen LogP contribution is -2.42. The predicted octanol–water partition coefficient (Wildman–Crippen LogP) is 0.708. The van der Waals surface area contributed by atoms with Gasteiger partial charge in [-0.05, 0) is 5.92 Å². The maximum Gasteiger partial charge on any atom is 0.206 e. The molecule has 0 saturated heterocycles. The van der Waals surface area contributed by atoms with Crippen molar-refractivity contribution in [3.05, 3.63) is 16.6 Å². The summed E-state index contributed by atoms with van der Waals surface area (Å²) in [5.41, 5.74) is 5.29. The molecule has 0 amide bonds. The summed E-state index contributed by atoms with van der Waals surface area (Å²) in [4.78, 5) is 8.40. The van der Waals surface area contributed by atoms with Gasteiger partial charge in [0.15, 0.2) is 0 Å². The van der Waals surface area contributed by atoms with E-state index in [1.54, 1.807) is 16.8 Å². The lowest BCUT2D eigenvalue weighted by molar-refractivity contribution is 0.615. The van der Waals surface area contributed by atoms with Crippen LogP contribution < -0.4 is 16.6 Å². The van der Waals surface area contributed by atoms with Gasteiger partial charge in [0.05, 0.1) is 17.7 Å². The first-order chi connectivity index (χ1) is 7.22. The van der Waals surface area contributed by atoms with Crippen LogP contribution in [0.15, 0.2) is 15.9 Å². The van der Waals surface area contributed by atoms with Crippen molar-refractivity contribution in [2.75, 3.05) is 6.54 Å². The average Bonchev–Trinajstić information content (AvgIpc) is 2.70. The zero-order valence-corrected chi connectivity index (χ0v) is 9.84. The summed E-state index contributed by atoms with van der Waals surface area (Å²) in [6, 6.07) is 0. The molecule has 1 rings (SSSR count). The van der Waals surface area contributed by atoms with Gasteiger partial charge in [-0.3, -0.25) is 5.43 Å². The van der Waals surface area contributed by atoms with Crippen molar-refractivity contribution in [1.29, 1.82) is 0 Å². The summed E-state index contributed by atoms with van der Waals surface area (Å²) in [5.74, 6) is 6.50. The lowest BCUT2D eigenvalue weighted by Gasteiger charge is -2.10. The number of thiazole rings is 1. The van der Waals surface area contributed by atoms with E-state index in [9.17, 15) is 0 Å². The van der Waals surface area contributed by atoms with Gasteiger partial charge < -0.3 is 5.32 Å². The number of rotatable bonds is 4. The third-order valence-corrected chi connectivity index (χ3v) is 2.33.